The molecule has 7 atom stereocenters. The minimum Gasteiger partial charge on any atom is -0.477 e. The molecule has 0 aliphatic carbocycles. The second-order valence-electron chi connectivity index (χ2n) is 10.1. The van der Waals surface area contributed by atoms with Crippen molar-refractivity contribution < 1.29 is 28.7 Å². The lowest BCUT2D eigenvalue weighted by Gasteiger charge is -2.47. The number of hydrogen-bond donors (Lipinski definition) is 3. The number of β-lactam (4-membered cyclic amide) rings is 1. The number of fused-ring (bicyclic) bond motifs is 1. The maximum absolute atomic E-state index is 14.2. The minimum atomic E-state index is -1.65. The molecule has 2 saturated heterocycles. The van der Waals surface area contributed by atoms with Gasteiger partial charge < -0.3 is 25.5 Å². The molecule has 0 aromatic rings. The molecule has 0 radical (unpaired) electrons. The lowest BCUT2D eigenvalue weighted by Crippen LogP contribution is -2.66. The Morgan fingerprint density at radius 3 is 2.50 bits per heavy atom. The second-order valence-corrected chi connectivity index (χ2v) is 11.4. The van der Waals surface area contributed by atoms with Crippen LogP contribution in [0.4, 0.5) is 4.39 Å². The normalized spacial score (nSPS) is 30.2. The number of carbonyl (C=O) groups excluding carboxylic acids is 3. The van der Waals surface area contributed by atoms with Crippen molar-refractivity contribution in [3.63, 3.8) is 0 Å². The zero-order valence-electron chi connectivity index (χ0n) is 20.5. The van der Waals surface area contributed by atoms with Gasteiger partial charge in [0.25, 0.3) is 5.91 Å². The third-order valence-electron chi connectivity index (χ3n) is 6.79. The number of amides is 3. The topological polar surface area (TPSA) is 119 Å². The number of hydrogen-bond acceptors (Lipinski definition) is 6. The van der Waals surface area contributed by atoms with Crippen LogP contribution in [0.5, 0.6) is 0 Å². The average Bonchev–Trinajstić information content (AvgIpc) is 3.29. The van der Waals surface area contributed by atoms with Crippen LogP contribution in [0.25, 0.3) is 0 Å². The maximum Gasteiger partial charge on any atom is 0.353 e. The van der Waals surface area contributed by atoms with E-state index in [9.17, 15) is 28.7 Å². The van der Waals surface area contributed by atoms with Crippen molar-refractivity contribution in [2.75, 3.05) is 20.6 Å². The zero-order valence-corrected chi connectivity index (χ0v) is 21.3. The molecule has 34 heavy (non-hydrogen) atoms. The molecule has 3 amide bonds. The smallest absolute Gasteiger partial charge is 0.353 e. The number of carboxylic acid groups (broad SMARTS) is 1. The molecule has 0 aromatic heterocycles. The molecule has 0 unspecified atom stereocenters. The molecule has 3 N–H and O–H groups in total. The van der Waals surface area contributed by atoms with Crippen molar-refractivity contribution >= 4 is 35.5 Å². The first-order valence-corrected chi connectivity index (χ1v) is 12.6. The van der Waals surface area contributed by atoms with Gasteiger partial charge in [-0.15, -0.1) is 11.8 Å². The van der Waals surface area contributed by atoms with Crippen LogP contribution in [0.3, 0.4) is 0 Å². The van der Waals surface area contributed by atoms with E-state index in [4.69, 9.17) is 0 Å². The molecule has 0 aromatic carbocycles. The van der Waals surface area contributed by atoms with E-state index >= 15 is 0 Å². The highest BCUT2D eigenvalue weighted by Gasteiger charge is 2.60. The Labute approximate surface area is 203 Å². The largest absolute Gasteiger partial charge is 0.477 e. The van der Waals surface area contributed by atoms with Crippen LogP contribution in [0, 0.1) is 17.8 Å². The number of aliphatic carboxylic acids is 1. The molecule has 3 rings (SSSR count). The van der Waals surface area contributed by atoms with Gasteiger partial charge in [-0.1, -0.05) is 20.8 Å². The lowest BCUT2D eigenvalue weighted by molar-refractivity contribution is -0.158. The van der Waals surface area contributed by atoms with Gasteiger partial charge in [0, 0.05) is 42.8 Å². The fourth-order valence-corrected chi connectivity index (χ4v) is 6.57. The Balaban J connectivity index is 1.71. The van der Waals surface area contributed by atoms with E-state index in [0.29, 0.717) is 17.9 Å². The lowest BCUT2D eigenvalue weighted by atomic mass is 9.78. The van der Waals surface area contributed by atoms with Gasteiger partial charge in [-0.05, 0) is 25.7 Å². The number of likely N-dealkylation sites (N-methyl/N-ethyl adjacent to an activating group) is 1. The van der Waals surface area contributed by atoms with Crippen molar-refractivity contribution in [3.05, 3.63) is 10.6 Å². The fourth-order valence-electron chi connectivity index (χ4n) is 5.09. The van der Waals surface area contributed by atoms with E-state index < -0.39 is 36.0 Å². The first-order valence-electron chi connectivity index (χ1n) is 11.7. The summed E-state index contributed by atoms with van der Waals surface area (Å²) in [6.07, 6.45) is -0.991. The molecule has 0 saturated carbocycles. The molecule has 2 fully saturated rings. The Bertz CT molecular complexity index is 895. The highest BCUT2D eigenvalue weighted by Crippen LogP contribution is 2.51. The predicted molar refractivity (Wildman–Crippen MR) is 126 cm³/mol. The number of alkyl halides is 1. The number of thioether (sulfide) groups is 1. The standard InChI is InChI=1S/C23H35FN4O5S/c1-10(2)7-14(24)20(29)26-12(4)16-17-11(3)19(18(23(32)33)28(17)22(16)31)34-13-8-15(25-9-13)21(30)27(5)6/h10-17,25H,7-9H2,1-6H3,(H,26,29)(H,32,33)/t11-,12-,13+,14-,15+,16-,17-/m1/s1. The van der Waals surface area contributed by atoms with E-state index in [1.165, 1.54) is 21.6 Å². The third-order valence-corrected chi connectivity index (χ3v) is 8.30. The Kier molecular flexibility index (Phi) is 7.96. The van der Waals surface area contributed by atoms with Gasteiger partial charge >= 0.3 is 5.97 Å². The number of rotatable bonds is 9. The predicted octanol–water partition coefficient (Wildman–Crippen LogP) is 1.20. The molecular formula is C23H35FN4O5S. The van der Waals surface area contributed by atoms with Gasteiger partial charge in [-0.25, -0.2) is 9.18 Å². The maximum atomic E-state index is 14.2. The van der Waals surface area contributed by atoms with E-state index in [1.54, 1.807) is 21.0 Å². The number of carboxylic acids is 1. The van der Waals surface area contributed by atoms with Gasteiger partial charge in [0.2, 0.25) is 11.8 Å². The number of carbonyl (C=O) groups is 4. The SMILES string of the molecule is CC(C)C[C@@H](F)C(=O)N[C@H](C)[C@H]1C(=O)N2C(C(=O)O)=C(S[C@@H]3CN[C@H](C(=O)N(C)C)C3)[C@H](C)[C@H]12. The quantitative estimate of drug-likeness (QED) is 0.409. The first kappa shape index (κ1) is 26.5. The molecule has 3 heterocycles. The Morgan fingerprint density at radius 2 is 1.94 bits per heavy atom. The van der Waals surface area contributed by atoms with Gasteiger partial charge in [0.15, 0.2) is 6.17 Å². The first-order chi connectivity index (χ1) is 15.8. The van der Waals surface area contributed by atoms with E-state index in [0.717, 1.165) is 0 Å². The average molecular weight is 499 g/mol. The summed E-state index contributed by atoms with van der Waals surface area (Å²) in [5, 5.41) is 15.7. The molecule has 190 valence electrons. The van der Waals surface area contributed by atoms with Gasteiger partial charge in [0.05, 0.1) is 18.0 Å². The molecule has 3 aliphatic heterocycles. The molecule has 0 spiro atoms. The highest BCUT2D eigenvalue weighted by atomic mass is 32.2. The van der Waals surface area contributed by atoms with E-state index in [-0.39, 0.29) is 47.1 Å². The van der Waals surface area contributed by atoms with Crippen LogP contribution in [0.2, 0.25) is 0 Å². The van der Waals surface area contributed by atoms with Crippen LogP contribution in [0.1, 0.15) is 40.5 Å². The molecule has 11 heteroatoms. The summed E-state index contributed by atoms with van der Waals surface area (Å²) in [4.78, 5) is 53.1. The summed E-state index contributed by atoms with van der Waals surface area (Å²) >= 11 is 1.41. The molecule has 0 bridgehead atoms. The van der Waals surface area contributed by atoms with Crippen LogP contribution in [0.15, 0.2) is 10.6 Å². The number of halogens is 1. The number of nitrogens with one attached hydrogen (secondary N) is 2. The van der Waals surface area contributed by atoms with Gasteiger partial charge in [-0.2, -0.15) is 0 Å². The summed E-state index contributed by atoms with van der Waals surface area (Å²) in [6.45, 7) is 7.75. The molecule has 9 nitrogen and oxygen atoms in total. The Morgan fingerprint density at radius 1 is 1.29 bits per heavy atom. The fraction of sp³-hybridized carbons (Fsp3) is 0.739. The van der Waals surface area contributed by atoms with E-state index in [2.05, 4.69) is 10.6 Å². The van der Waals surface area contributed by atoms with Crippen molar-refractivity contribution in [2.45, 2.75) is 70.1 Å². The van der Waals surface area contributed by atoms with E-state index in [1.807, 2.05) is 20.8 Å². The summed E-state index contributed by atoms with van der Waals surface area (Å²) in [6, 6.07) is -1.35. The van der Waals surface area contributed by atoms with Crippen molar-refractivity contribution in [2.24, 2.45) is 17.8 Å². The van der Waals surface area contributed by atoms with Crippen molar-refractivity contribution in [3.8, 4) is 0 Å². The van der Waals surface area contributed by atoms with Crippen LogP contribution in [-0.4, -0.2) is 88.8 Å². The Hall–Kier alpha value is -2.14. The van der Waals surface area contributed by atoms with Gasteiger partial charge in [-0.3, -0.25) is 14.4 Å². The van der Waals surface area contributed by atoms with Crippen molar-refractivity contribution in [1.29, 1.82) is 0 Å². The summed E-state index contributed by atoms with van der Waals surface area (Å²) < 4.78 is 14.2. The molecule has 3 aliphatic rings. The monoisotopic (exact) mass is 498 g/mol. The second kappa shape index (κ2) is 10.2. The van der Waals surface area contributed by atoms with Crippen LogP contribution >= 0.6 is 11.8 Å². The summed E-state index contributed by atoms with van der Waals surface area (Å²) in [5.41, 5.74) is -0.0205. The zero-order chi connectivity index (χ0) is 25.5. The van der Waals surface area contributed by atoms with Crippen LogP contribution < -0.4 is 10.6 Å². The minimum absolute atomic E-state index is 0.00610. The number of nitrogens with zero attached hydrogens (tertiary/aromatic N) is 2. The van der Waals surface area contributed by atoms with Gasteiger partial charge in [0.1, 0.15) is 5.70 Å². The van der Waals surface area contributed by atoms with Crippen LogP contribution in [-0.2, 0) is 19.2 Å². The highest BCUT2D eigenvalue weighted by molar-refractivity contribution is 8.03. The molecular weight excluding hydrogens is 463 g/mol. The summed E-state index contributed by atoms with van der Waals surface area (Å²) in [7, 11) is 3.39. The summed E-state index contributed by atoms with van der Waals surface area (Å²) in [5.74, 6) is -3.17. The third kappa shape index (κ3) is 4.95. The van der Waals surface area contributed by atoms with Crippen molar-refractivity contribution in [1.82, 2.24) is 20.4 Å².